The van der Waals surface area contributed by atoms with E-state index >= 15 is 0 Å². The van der Waals surface area contributed by atoms with Crippen molar-refractivity contribution in [2.24, 2.45) is 5.73 Å². The average molecular weight is 187 g/mol. The number of carbonyl (C=O) groups is 2. The molecule has 0 atom stereocenters. The topological polar surface area (TPSA) is 84.2 Å². The first kappa shape index (κ1) is 11.9. The molecule has 0 saturated carbocycles. The first-order chi connectivity index (χ1) is 6.18. The smallest absolute Gasteiger partial charge is 0.209 e. The Balaban J connectivity index is 3.90. The lowest BCUT2D eigenvalue weighted by atomic mass is 10.1. The normalized spacial score (nSPS) is 10.6. The number of hydrogen-bond acceptors (Lipinski definition) is 3. The molecule has 0 rings (SSSR count). The van der Waals surface area contributed by atoms with Gasteiger partial charge in [0.1, 0.15) is 0 Å². The van der Waals surface area contributed by atoms with Gasteiger partial charge in [-0.15, -0.1) is 0 Å². The van der Waals surface area contributed by atoms with Crippen LogP contribution in [-0.4, -0.2) is 18.6 Å². The van der Waals surface area contributed by atoms with Gasteiger partial charge in [0.2, 0.25) is 12.8 Å². The van der Waals surface area contributed by atoms with Crippen molar-refractivity contribution in [3.8, 4) is 0 Å². The number of hydrogen-bond donors (Lipinski definition) is 3. The van der Waals surface area contributed by atoms with Crippen molar-refractivity contribution in [3.05, 3.63) is 0 Å². The summed E-state index contributed by atoms with van der Waals surface area (Å²) in [6, 6.07) is 0. The molecule has 0 radical (unpaired) electrons. The van der Waals surface area contributed by atoms with Crippen molar-refractivity contribution in [1.82, 2.24) is 10.6 Å². The Kier molecular flexibility index (Phi) is 5.88. The molecule has 0 aliphatic rings. The summed E-state index contributed by atoms with van der Waals surface area (Å²) in [7, 11) is 0. The summed E-state index contributed by atoms with van der Waals surface area (Å²) in [5.41, 5.74) is 5.68. The number of amides is 2. The molecule has 0 heterocycles. The monoisotopic (exact) mass is 187 g/mol. The SMILES string of the molecule is CCCCCC(N)(NC=O)NC=O. The predicted molar refractivity (Wildman–Crippen MR) is 49.5 cm³/mol. The van der Waals surface area contributed by atoms with E-state index in [2.05, 4.69) is 17.6 Å². The Morgan fingerprint density at radius 2 is 1.77 bits per heavy atom. The van der Waals surface area contributed by atoms with E-state index in [0.29, 0.717) is 19.2 Å². The Labute approximate surface area is 78.1 Å². The Morgan fingerprint density at radius 3 is 2.15 bits per heavy atom. The lowest BCUT2D eigenvalue weighted by molar-refractivity contribution is -0.114. The summed E-state index contributed by atoms with van der Waals surface area (Å²) >= 11 is 0. The number of unbranched alkanes of at least 4 members (excludes halogenated alkanes) is 2. The first-order valence-corrected chi connectivity index (χ1v) is 4.40. The van der Waals surface area contributed by atoms with Crippen LogP contribution in [0.5, 0.6) is 0 Å². The molecular formula is C8H17N3O2. The van der Waals surface area contributed by atoms with Gasteiger partial charge in [0.15, 0.2) is 5.79 Å². The maximum absolute atomic E-state index is 10.2. The van der Waals surface area contributed by atoms with Gasteiger partial charge in [-0.25, -0.2) is 0 Å². The summed E-state index contributed by atoms with van der Waals surface area (Å²) in [5.74, 6) is -1.08. The Morgan fingerprint density at radius 1 is 1.23 bits per heavy atom. The van der Waals surface area contributed by atoms with Crippen LogP contribution in [-0.2, 0) is 9.59 Å². The predicted octanol–water partition coefficient (Wildman–Crippen LogP) is -0.329. The molecule has 13 heavy (non-hydrogen) atoms. The number of nitrogens with one attached hydrogen (secondary N) is 2. The van der Waals surface area contributed by atoms with Gasteiger partial charge in [-0.2, -0.15) is 0 Å². The molecule has 2 amide bonds. The van der Waals surface area contributed by atoms with Gasteiger partial charge in [-0.3, -0.25) is 15.3 Å². The minimum atomic E-state index is -1.08. The molecule has 0 unspecified atom stereocenters. The molecule has 0 aromatic heterocycles. The molecule has 4 N–H and O–H groups in total. The van der Waals surface area contributed by atoms with E-state index in [1.54, 1.807) is 0 Å². The highest BCUT2D eigenvalue weighted by Crippen LogP contribution is 2.05. The highest BCUT2D eigenvalue weighted by Gasteiger charge is 2.21. The molecule has 0 bridgehead atoms. The van der Waals surface area contributed by atoms with Crippen LogP contribution in [0.15, 0.2) is 0 Å². The van der Waals surface area contributed by atoms with Crippen molar-refractivity contribution < 1.29 is 9.59 Å². The van der Waals surface area contributed by atoms with E-state index < -0.39 is 5.79 Å². The van der Waals surface area contributed by atoms with Gasteiger partial charge in [0, 0.05) is 6.42 Å². The van der Waals surface area contributed by atoms with Gasteiger partial charge in [-0.1, -0.05) is 19.8 Å². The third kappa shape index (κ3) is 5.19. The fourth-order valence-electron chi connectivity index (χ4n) is 1.05. The fourth-order valence-corrected chi connectivity index (χ4v) is 1.05. The molecule has 0 fully saturated rings. The van der Waals surface area contributed by atoms with E-state index in [1.807, 2.05) is 0 Å². The minimum Gasteiger partial charge on any atom is -0.324 e. The van der Waals surface area contributed by atoms with Crippen LogP contribution in [0.3, 0.4) is 0 Å². The summed E-state index contributed by atoms with van der Waals surface area (Å²) in [6.45, 7) is 2.07. The van der Waals surface area contributed by atoms with Crippen LogP contribution < -0.4 is 16.4 Å². The number of carbonyl (C=O) groups excluding carboxylic acids is 2. The van der Waals surface area contributed by atoms with Crippen LogP contribution in [0.1, 0.15) is 32.6 Å². The molecule has 0 aliphatic heterocycles. The summed E-state index contributed by atoms with van der Waals surface area (Å²) in [6.07, 6.45) is 4.48. The first-order valence-electron chi connectivity index (χ1n) is 4.40. The molecule has 0 aromatic carbocycles. The van der Waals surface area contributed by atoms with E-state index in [1.165, 1.54) is 0 Å². The van der Waals surface area contributed by atoms with Crippen molar-refractivity contribution in [2.75, 3.05) is 0 Å². The molecule has 5 nitrogen and oxygen atoms in total. The zero-order valence-corrected chi connectivity index (χ0v) is 7.88. The Bertz CT molecular complexity index is 151. The zero-order valence-electron chi connectivity index (χ0n) is 7.88. The van der Waals surface area contributed by atoms with Crippen molar-refractivity contribution in [1.29, 1.82) is 0 Å². The van der Waals surface area contributed by atoms with Gasteiger partial charge in [-0.05, 0) is 6.42 Å². The number of rotatable bonds is 8. The van der Waals surface area contributed by atoms with Gasteiger partial charge < -0.3 is 10.6 Å². The highest BCUT2D eigenvalue weighted by molar-refractivity contribution is 5.52. The second-order valence-corrected chi connectivity index (χ2v) is 2.95. The maximum atomic E-state index is 10.2. The van der Waals surface area contributed by atoms with Crippen molar-refractivity contribution in [2.45, 2.75) is 38.4 Å². The molecule has 5 heteroatoms. The van der Waals surface area contributed by atoms with Gasteiger partial charge >= 0.3 is 0 Å². The van der Waals surface area contributed by atoms with E-state index in [4.69, 9.17) is 5.73 Å². The summed E-state index contributed by atoms with van der Waals surface area (Å²) in [5, 5.41) is 4.75. The van der Waals surface area contributed by atoms with Crippen LogP contribution >= 0.6 is 0 Å². The van der Waals surface area contributed by atoms with Gasteiger partial charge in [0.25, 0.3) is 0 Å². The fraction of sp³-hybridized carbons (Fsp3) is 0.750. The summed E-state index contributed by atoms with van der Waals surface area (Å²) in [4.78, 5) is 20.4. The quantitative estimate of drug-likeness (QED) is 0.276. The zero-order chi connectivity index (χ0) is 10.2. The second kappa shape index (κ2) is 6.42. The lowest BCUT2D eigenvalue weighted by Gasteiger charge is -2.27. The maximum Gasteiger partial charge on any atom is 0.209 e. The standard InChI is InChI=1S/C8H17N3O2/c1-2-3-4-5-8(9,10-6-12)11-7-13/h6-7H,2-5,9H2,1H3,(H,10,12)(H,11,13). The molecule has 0 aliphatic carbocycles. The Hall–Kier alpha value is -1.10. The summed E-state index contributed by atoms with van der Waals surface area (Å²) < 4.78 is 0. The molecule has 0 saturated heterocycles. The largest absolute Gasteiger partial charge is 0.324 e. The average Bonchev–Trinajstić information content (AvgIpc) is 2.05. The van der Waals surface area contributed by atoms with E-state index in [9.17, 15) is 9.59 Å². The van der Waals surface area contributed by atoms with Crippen LogP contribution in [0.25, 0.3) is 0 Å². The second-order valence-electron chi connectivity index (χ2n) is 2.95. The van der Waals surface area contributed by atoms with Crippen molar-refractivity contribution >= 4 is 12.8 Å². The third-order valence-electron chi connectivity index (χ3n) is 1.81. The van der Waals surface area contributed by atoms with E-state index in [-0.39, 0.29) is 0 Å². The molecular weight excluding hydrogens is 170 g/mol. The minimum absolute atomic E-state index is 0.489. The van der Waals surface area contributed by atoms with Crippen LogP contribution in [0.4, 0.5) is 0 Å². The lowest BCUT2D eigenvalue weighted by Crippen LogP contribution is -2.63. The highest BCUT2D eigenvalue weighted by atomic mass is 16.1. The van der Waals surface area contributed by atoms with Crippen LogP contribution in [0.2, 0.25) is 0 Å². The number of nitrogens with two attached hydrogens (primary N) is 1. The van der Waals surface area contributed by atoms with Gasteiger partial charge in [0.05, 0.1) is 0 Å². The van der Waals surface area contributed by atoms with Crippen LogP contribution in [0, 0.1) is 0 Å². The molecule has 76 valence electrons. The molecule has 0 aromatic rings. The van der Waals surface area contributed by atoms with Crippen molar-refractivity contribution in [3.63, 3.8) is 0 Å². The molecule has 0 spiro atoms. The van der Waals surface area contributed by atoms with E-state index in [0.717, 1.165) is 19.3 Å². The third-order valence-corrected chi connectivity index (χ3v) is 1.81.